The van der Waals surface area contributed by atoms with Gasteiger partial charge in [-0.05, 0) is 50.2 Å². The number of imidazole rings is 1. The minimum absolute atomic E-state index is 0.0331. The molecule has 6 rings (SSSR count). The number of aryl methyl sites for hydroxylation is 1. The van der Waals surface area contributed by atoms with E-state index in [1.165, 1.54) is 46.6 Å². The summed E-state index contributed by atoms with van der Waals surface area (Å²) in [6.45, 7) is -2.50. The van der Waals surface area contributed by atoms with Crippen molar-refractivity contribution in [3.05, 3.63) is 36.3 Å². The highest BCUT2D eigenvalue weighted by Gasteiger charge is 2.65. The lowest BCUT2D eigenvalue weighted by Crippen LogP contribution is -2.55. The Morgan fingerprint density at radius 2 is 2.13 bits per heavy atom. The van der Waals surface area contributed by atoms with Gasteiger partial charge in [-0.15, -0.1) is 0 Å². The largest absolute Gasteiger partial charge is 0.381 e. The van der Waals surface area contributed by atoms with Crippen molar-refractivity contribution in [2.75, 3.05) is 12.8 Å². The fraction of sp³-hybridized carbons (Fsp3) is 0.400. The Hall–Kier alpha value is -3.03. The van der Waals surface area contributed by atoms with Crippen LogP contribution < -0.4 is 5.73 Å². The van der Waals surface area contributed by atoms with E-state index in [2.05, 4.69) is 21.1 Å². The van der Waals surface area contributed by atoms with E-state index in [0.29, 0.717) is 25.7 Å². The maximum Gasteiger partial charge on any atom is 0.243 e. The second kappa shape index (κ2) is 6.00. The molecule has 2 bridgehead atoms. The van der Waals surface area contributed by atoms with Crippen LogP contribution in [0, 0.1) is 23.6 Å². The molecular formula is C20H21N7O2S. The first-order chi connectivity index (χ1) is 15.4. The van der Waals surface area contributed by atoms with Gasteiger partial charge in [-0.2, -0.15) is 14.7 Å². The van der Waals surface area contributed by atoms with Crippen molar-refractivity contribution in [3.8, 4) is 17.3 Å². The highest BCUT2D eigenvalue weighted by molar-refractivity contribution is 7.89. The molecule has 154 valence electrons. The van der Waals surface area contributed by atoms with Crippen molar-refractivity contribution in [2.45, 2.75) is 43.0 Å². The van der Waals surface area contributed by atoms with Gasteiger partial charge in [0, 0.05) is 22.3 Å². The first-order valence-electron chi connectivity index (χ1n) is 10.9. The lowest BCUT2D eigenvalue weighted by molar-refractivity contribution is 0.0774. The maximum absolute atomic E-state index is 13.6. The molecule has 3 aromatic rings. The SMILES string of the molecule is [2H]C([2H])([2H])c1ccc(S(=O)(=O)N(C)C23CCC(C#N)(C2)C3)cc1-c1cnc2c(N)ncnn12. The number of fused-ring (bicyclic) bond motifs is 2. The van der Waals surface area contributed by atoms with Crippen LogP contribution in [-0.2, 0) is 10.0 Å². The van der Waals surface area contributed by atoms with Crippen LogP contribution in [0.15, 0.2) is 35.6 Å². The molecule has 0 unspecified atom stereocenters. The van der Waals surface area contributed by atoms with Crippen LogP contribution in [0.1, 0.15) is 35.4 Å². The van der Waals surface area contributed by atoms with Gasteiger partial charge < -0.3 is 5.73 Å². The number of anilines is 1. The van der Waals surface area contributed by atoms with Gasteiger partial charge in [-0.25, -0.2) is 22.9 Å². The average molecular weight is 427 g/mol. The molecule has 2 N–H and O–H groups in total. The Kier molecular flexibility index (Phi) is 3.15. The normalized spacial score (nSPS) is 27.3. The number of aromatic nitrogens is 4. The Balaban J connectivity index is 1.63. The fourth-order valence-electron chi connectivity index (χ4n) is 4.88. The van der Waals surface area contributed by atoms with Crippen molar-refractivity contribution in [1.82, 2.24) is 23.9 Å². The van der Waals surface area contributed by atoms with Gasteiger partial charge in [0.1, 0.15) is 6.33 Å². The zero-order chi connectivity index (χ0) is 23.8. The van der Waals surface area contributed by atoms with Crippen molar-refractivity contribution < 1.29 is 12.5 Å². The molecule has 3 aliphatic rings. The summed E-state index contributed by atoms with van der Waals surface area (Å²) in [5, 5.41) is 13.6. The number of hydrogen-bond donors (Lipinski definition) is 1. The molecule has 0 radical (unpaired) electrons. The van der Waals surface area contributed by atoms with E-state index in [4.69, 9.17) is 9.85 Å². The summed E-state index contributed by atoms with van der Waals surface area (Å²) in [7, 11) is -2.43. The zero-order valence-electron chi connectivity index (χ0n) is 19.2. The molecule has 0 saturated heterocycles. The fourth-order valence-corrected chi connectivity index (χ4v) is 6.43. The van der Waals surface area contributed by atoms with E-state index >= 15 is 0 Å². The molecule has 10 heteroatoms. The number of nitriles is 1. The molecule has 1 aromatic carbocycles. The van der Waals surface area contributed by atoms with Gasteiger partial charge in [0.15, 0.2) is 11.5 Å². The monoisotopic (exact) mass is 426 g/mol. The van der Waals surface area contributed by atoms with Gasteiger partial charge in [0.2, 0.25) is 10.0 Å². The molecule has 0 amide bonds. The molecule has 3 saturated carbocycles. The third-order valence-electron chi connectivity index (χ3n) is 6.57. The van der Waals surface area contributed by atoms with Crippen LogP contribution in [0.4, 0.5) is 5.82 Å². The molecule has 0 atom stereocenters. The van der Waals surface area contributed by atoms with Gasteiger partial charge in [0.05, 0.1) is 28.3 Å². The number of nitrogens with two attached hydrogens (primary N) is 1. The number of benzene rings is 1. The van der Waals surface area contributed by atoms with E-state index < -0.39 is 27.8 Å². The van der Waals surface area contributed by atoms with Crippen molar-refractivity contribution in [1.29, 1.82) is 5.26 Å². The van der Waals surface area contributed by atoms with E-state index in [1.54, 1.807) is 0 Å². The third kappa shape index (κ3) is 2.42. The third-order valence-corrected chi connectivity index (χ3v) is 8.52. The molecule has 0 aliphatic heterocycles. The van der Waals surface area contributed by atoms with E-state index in [1.807, 2.05) is 0 Å². The Labute approximate surface area is 178 Å². The van der Waals surface area contributed by atoms with E-state index in [-0.39, 0.29) is 33.2 Å². The second-order valence-corrected chi connectivity index (χ2v) is 10.1. The van der Waals surface area contributed by atoms with Crippen LogP contribution in [0.2, 0.25) is 0 Å². The predicted octanol–water partition coefficient (Wildman–Crippen LogP) is 2.14. The van der Waals surface area contributed by atoms with E-state index in [9.17, 15) is 13.7 Å². The van der Waals surface area contributed by atoms with Gasteiger partial charge in [0.25, 0.3) is 0 Å². The zero-order valence-corrected chi connectivity index (χ0v) is 17.0. The number of nitrogen functional groups attached to an aromatic ring is 1. The minimum Gasteiger partial charge on any atom is -0.381 e. The van der Waals surface area contributed by atoms with Gasteiger partial charge in [-0.1, -0.05) is 6.07 Å². The summed E-state index contributed by atoms with van der Waals surface area (Å²) >= 11 is 0. The average Bonchev–Trinajstić information content (AvgIpc) is 3.44. The summed E-state index contributed by atoms with van der Waals surface area (Å²) < 4.78 is 53.7. The molecule has 30 heavy (non-hydrogen) atoms. The van der Waals surface area contributed by atoms with Crippen molar-refractivity contribution >= 4 is 21.5 Å². The summed E-state index contributed by atoms with van der Waals surface area (Å²) in [4.78, 5) is 8.02. The van der Waals surface area contributed by atoms with Crippen molar-refractivity contribution in [2.24, 2.45) is 5.41 Å². The Morgan fingerprint density at radius 1 is 1.33 bits per heavy atom. The van der Waals surface area contributed by atoms with E-state index in [0.717, 1.165) is 0 Å². The summed E-state index contributed by atoms with van der Waals surface area (Å²) in [6, 6.07) is 6.29. The Morgan fingerprint density at radius 3 is 2.83 bits per heavy atom. The number of rotatable bonds is 4. The van der Waals surface area contributed by atoms with Gasteiger partial charge >= 0.3 is 0 Å². The minimum atomic E-state index is -3.96. The first-order valence-corrected chi connectivity index (χ1v) is 10.9. The molecule has 9 nitrogen and oxygen atoms in total. The quantitative estimate of drug-likeness (QED) is 0.676. The molecule has 3 aliphatic carbocycles. The van der Waals surface area contributed by atoms with Crippen LogP contribution in [0.3, 0.4) is 0 Å². The van der Waals surface area contributed by atoms with Crippen LogP contribution in [0.25, 0.3) is 16.9 Å². The topological polar surface area (TPSA) is 130 Å². The highest BCUT2D eigenvalue weighted by Crippen LogP contribution is 2.64. The summed E-state index contributed by atoms with van der Waals surface area (Å²) in [5.41, 5.74) is 5.49. The van der Waals surface area contributed by atoms with Gasteiger partial charge in [-0.3, -0.25) is 0 Å². The molecular weight excluding hydrogens is 402 g/mol. The predicted molar refractivity (Wildman–Crippen MR) is 110 cm³/mol. The molecule has 2 aromatic heterocycles. The number of nitrogens with zero attached hydrogens (tertiary/aromatic N) is 6. The molecule has 2 heterocycles. The smallest absolute Gasteiger partial charge is 0.243 e. The lowest BCUT2D eigenvalue weighted by Gasteiger charge is -2.48. The number of hydrogen-bond acceptors (Lipinski definition) is 7. The van der Waals surface area contributed by atoms with Crippen LogP contribution >= 0.6 is 0 Å². The molecule has 3 fully saturated rings. The number of sulfonamides is 1. The maximum atomic E-state index is 13.6. The first kappa shape index (κ1) is 15.8. The summed E-state index contributed by atoms with van der Waals surface area (Å²) in [6.07, 6.45) is 4.93. The summed E-state index contributed by atoms with van der Waals surface area (Å²) in [5.74, 6) is 0.112. The second-order valence-electron chi connectivity index (χ2n) is 8.17. The van der Waals surface area contributed by atoms with Crippen LogP contribution in [-0.4, -0.2) is 44.9 Å². The van der Waals surface area contributed by atoms with Crippen molar-refractivity contribution in [3.63, 3.8) is 0 Å². The lowest BCUT2D eigenvalue weighted by atomic mass is 9.66. The molecule has 0 spiro atoms. The Bertz CT molecular complexity index is 1440. The standard InChI is InChI=1S/C20H21N7O2S/c1-13-3-4-14(7-15(13)16-8-23-18-17(22)24-12-25-27(16)18)30(28,29)26(2)20-6-5-19(9-20,10-20)11-21/h3-4,7-8,12H,5-6,9-10H2,1-2H3,(H2,22,24,25)/i1D3. The highest BCUT2D eigenvalue weighted by atomic mass is 32.2. The van der Waals surface area contributed by atoms with Crippen LogP contribution in [0.5, 0.6) is 0 Å².